The van der Waals surface area contributed by atoms with Crippen molar-refractivity contribution in [2.45, 2.75) is 38.2 Å². The van der Waals surface area contributed by atoms with Gasteiger partial charge < -0.3 is 15.3 Å². The summed E-state index contributed by atoms with van der Waals surface area (Å²) in [6.45, 7) is 5.10. The lowest BCUT2D eigenvalue weighted by molar-refractivity contribution is -0.137. The zero-order valence-electron chi connectivity index (χ0n) is 12.1. The molecule has 21 heavy (non-hydrogen) atoms. The number of likely N-dealkylation sites (N-methyl/N-ethyl adjacent to an activating group) is 1. The zero-order chi connectivity index (χ0) is 16.0. The van der Waals surface area contributed by atoms with Gasteiger partial charge in [0.05, 0.1) is 6.54 Å². The zero-order valence-corrected chi connectivity index (χ0v) is 12.1. The molecule has 0 aromatic rings. The smallest absolute Gasteiger partial charge is 0.248 e. The number of aliphatic hydroxyl groups is 1. The summed E-state index contributed by atoms with van der Waals surface area (Å²) in [5, 5.41) is 11.6. The number of hydrogen-bond donors (Lipinski definition) is 2. The van der Waals surface area contributed by atoms with Crippen molar-refractivity contribution in [3.05, 3.63) is 12.7 Å². The van der Waals surface area contributed by atoms with E-state index in [-0.39, 0.29) is 44.2 Å². The molecule has 0 bridgehead atoms. The molecule has 0 spiro atoms. The van der Waals surface area contributed by atoms with Crippen molar-refractivity contribution in [1.29, 1.82) is 0 Å². The van der Waals surface area contributed by atoms with Crippen LogP contribution in [0, 0.1) is 5.92 Å². The van der Waals surface area contributed by atoms with Gasteiger partial charge in [-0.25, -0.2) is 8.78 Å². The summed E-state index contributed by atoms with van der Waals surface area (Å²) in [6, 6.07) is -0.486. The Bertz CT molecular complexity index is 394. The van der Waals surface area contributed by atoms with Gasteiger partial charge in [-0.05, 0) is 25.3 Å². The van der Waals surface area contributed by atoms with Crippen LogP contribution in [-0.4, -0.2) is 53.5 Å². The molecular formula is C14H22F2N2O3. The van der Waals surface area contributed by atoms with E-state index in [2.05, 4.69) is 11.9 Å². The van der Waals surface area contributed by atoms with Crippen molar-refractivity contribution in [2.75, 3.05) is 19.7 Å². The van der Waals surface area contributed by atoms with Gasteiger partial charge in [0.1, 0.15) is 0 Å². The molecule has 0 aliphatic heterocycles. The lowest BCUT2D eigenvalue weighted by Gasteiger charge is -2.40. The fourth-order valence-electron chi connectivity index (χ4n) is 2.46. The first kappa shape index (κ1) is 17.6. The van der Waals surface area contributed by atoms with E-state index in [1.807, 2.05) is 0 Å². The number of nitrogens with one attached hydrogen (secondary N) is 1. The van der Waals surface area contributed by atoms with Crippen LogP contribution in [0.3, 0.4) is 0 Å². The average Bonchev–Trinajstić information content (AvgIpc) is 2.40. The molecule has 5 nitrogen and oxygen atoms in total. The molecule has 0 aromatic carbocycles. The third-order valence-electron chi connectivity index (χ3n) is 3.68. The maximum absolute atomic E-state index is 12.9. The first-order valence-corrected chi connectivity index (χ1v) is 7.02. The summed E-state index contributed by atoms with van der Waals surface area (Å²) in [7, 11) is 0. The highest BCUT2D eigenvalue weighted by Gasteiger charge is 2.48. The second-order valence-electron chi connectivity index (χ2n) is 5.27. The van der Waals surface area contributed by atoms with Gasteiger partial charge in [0, 0.05) is 32.0 Å². The van der Waals surface area contributed by atoms with Crippen LogP contribution in [0.1, 0.15) is 26.2 Å². The lowest BCUT2D eigenvalue weighted by atomic mass is 9.75. The molecule has 120 valence electrons. The van der Waals surface area contributed by atoms with Crippen LogP contribution in [0.15, 0.2) is 12.7 Å². The largest absolute Gasteiger partial charge is 0.396 e. The maximum atomic E-state index is 12.9. The molecule has 1 aliphatic rings. The summed E-state index contributed by atoms with van der Waals surface area (Å²) < 4.78 is 25.8. The molecule has 1 rings (SSSR count). The standard InChI is InChI=1S/C14H22F2N2O3/c1-3-13(21)18(4-2)9-12(20)17-11(5-6-19)10-7-14(15,16)8-10/h3,10-11,19H,1,4-9H2,2H3,(H,17,20). The molecule has 0 heterocycles. The predicted octanol–water partition coefficient (Wildman–Crippen LogP) is 0.933. The van der Waals surface area contributed by atoms with Gasteiger partial charge in [0.2, 0.25) is 17.7 Å². The predicted molar refractivity (Wildman–Crippen MR) is 73.8 cm³/mol. The Morgan fingerprint density at radius 1 is 1.52 bits per heavy atom. The highest BCUT2D eigenvalue weighted by Crippen LogP contribution is 2.44. The summed E-state index contributed by atoms with van der Waals surface area (Å²) >= 11 is 0. The topological polar surface area (TPSA) is 69.6 Å². The van der Waals surface area contributed by atoms with E-state index in [1.54, 1.807) is 6.92 Å². The van der Waals surface area contributed by atoms with E-state index in [1.165, 1.54) is 4.90 Å². The van der Waals surface area contributed by atoms with Crippen molar-refractivity contribution >= 4 is 11.8 Å². The highest BCUT2D eigenvalue weighted by atomic mass is 19.3. The van der Waals surface area contributed by atoms with E-state index in [0.29, 0.717) is 6.54 Å². The van der Waals surface area contributed by atoms with Crippen LogP contribution in [0.2, 0.25) is 0 Å². The number of amides is 2. The Labute approximate surface area is 123 Å². The normalized spacial score (nSPS) is 18.5. The number of carbonyl (C=O) groups excluding carboxylic acids is 2. The third kappa shape index (κ3) is 5.08. The minimum Gasteiger partial charge on any atom is -0.396 e. The van der Waals surface area contributed by atoms with Crippen LogP contribution in [-0.2, 0) is 9.59 Å². The van der Waals surface area contributed by atoms with Gasteiger partial charge in [-0.2, -0.15) is 0 Å². The molecule has 0 saturated heterocycles. The molecule has 2 amide bonds. The van der Waals surface area contributed by atoms with Crippen LogP contribution in [0.25, 0.3) is 0 Å². The first-order chi connectivity index (χ1) is 9.82. The molecule has 1 fully saturated rings. The fourth-order valence-corrected chi connectivity index (χ4v) is 2.46. The van der Waals surface area contributed by atoms with Gasteiger partial charge in [0.15, 0.2) is 0 Å². The SMILES string of the molecule is C=CC(=O)N(CC)CC(=O)NC(CCO)C1CC(F)(F)C1. The molecule has 2 N–H and O–H groups in total. The summed E-state index contributed by atoms with van der Waals surface area (Å²) in [5.41, 5.74) is 0. The Morgan fingerprint density at radius 3 is 2.57 bits per heavy atom. The Balaban J connectivity index is 2.52. The third-order valence-corrected chi connectivity index (χ3v) is 3.68. The minimum absolute atomic E-state index is 0.146. The van der Waals surface area contributed by atoms with Crippen LogP contribution in [0.4, 0.5) is 8.78 Å². The Morgan fingerprint density at radius 2 is 2.14 bits per heavy atom. The van der Waals surface area contributed by atoms with Crippen LogP contribution < -0.4 is 5.32 Å². The monoisotopic (exact) mass is 304 g/mol. The molecule has 0 radical (unpaired) electrons. The van der Waals surface area contributed by atoms with Crippen molar-refractivity contribution in [3.8, 4) is 0 Å². The van der Waals surface area contributed by atoms with Crippen LogP contribution in [0.5, 0.6) is 0 Å². The number of nitrogens with zero attached hydrogens (tertiary/aromatic N) is 1. The summed E-state index contributed by atoms with van der Waals surface area (Å²) in [5.74, 6) is -3.78. The molecule has 0 aromatic heterocycles. The Kier molecular flexibility index (Phi) is 6.26. The fraction of sp³-hybridized carbons (Fsp3) is 0.714. The maximum Gasteiger partial charge on any atom is 0.248 e. The van der Waals surface area contributed by atoms with Gasteiger partial charge in [0.25, 0.3) is 0 Å². The summed E-state index contributed by atoms with van der Waals surface area (Å²) in [6.07, 6.45) is 0.796. The number of alkyl halides is 2. The van der Waals surface area contributed by atoms with E-state index < -0.39 is 17.9 Å². The first-order valence-electron chi connectivity index (χ1n) is 7.02. The van der Waals surface area contributed by atoms with E-state index in [9.17, 15) is 18.4 Å². The van der Waals surface area contributed by atoms with Crippen molar-refractivity contribution < 1.29 is 23.5 Å². The van der Waals surface area contributed by atoms with Crippen molar-refractivity contribution in [2.24, 2.45) is 5.92 Å². The van der Waals surface area contributed by atoms with E-state index in [0.717, 1.165) is 6.08 Å². The number of halogens is 2. The number of hydrogen-bond acceptors (Lipinski definition) is 3. The molecule has 7 heteroatoms. The quantitative estimate of drug-likeness (QED) is 0.656. The highest BCUT2D eigenvalue weighted by molar-refractivity contribution is 5.90. The second-order valence-corrected chi connectivity index (χ2v) is 5.27. The summed E-state index contributed by atoms with van der Waals surface area (Å²) in [4.78, 5) is 24.7. The van der Waals surface area contributed by atoms with Gasteiger partial charge in [-0.1, -0.05) is 6.58 Å². The van der Waals surface area contributed by atoms with Gasteiger partial charge in [-0.15, -0.1) is 0 Å². The van der Waals surface area contributed by atoms with Crippen molar-refractivity contribution in [3.63, 3.8) is 0 Å². The molecule has 1 atom stereocenters. The average molecular weight is 304 g/mol. The molecular weight excluding hydrogens is 282 g/mol. The second kappa shape index (κ2) is 7.49. The molecule has 1 aliphatic carbocycles. The Hall–Kier alpha value is -1.50. The van der Waals surface area contributed by atoms with E-state index in [4.69, 9.17) is 5.11 Å². The van der Waals surface area contributed by atoms with Gasteiger partial charge in [-0.3, -0.25) is 9.59 Å². The number of rotatable bonds is 8. The van der Waals surface area contributed by atoms with Gasteiger partial charge >= 0.3 is 0 Å². The lowest BCUT2D eigenvalue weighted by Crippen LogP contribution is -2.52. The number of carbonyl (C=O) groups is 2. The minimum atomic E-state index is -2.67. The van der Waals surface area contributed by atoms with Crippen LogP contribution >= 0.6 is 0 Å². The molecule has 1 unspecified atom stereocenters. The van der Waals surface area contributed by atoms with E-state index >= 15 is 0 Å². The number of aliphatic hydroxyl groups excluding tert-OH is 1. The molecule has 1 saturated carbocycles. The van der Waals surface area contributed by atoms with Crippen molar-refractivity contribution in [1.82, 2.24) is 10.2 Å².